The lowest BCUT2D eigenvalue weighted by Gasteiger charge is -2.34. The van der Waals surface area contributed by atoms with E-state index in [4.69, 9.17) is 4.98 Å². The van der Waals surface area contributed by atoms with Gasteiger partial charge >= 0.3 is 0 Å². The minimum absolute atomic E-state index is 0.515. The Morgan fingerprint density at radius 1 is 1.25 bits per heavy atom. The van der Waals surface area contributed by atoms with E-state index in [1.54, 1.807) is 0 Å². The van der Waals surface area contributed by atoms with Crippen LogP contribution in [0.15, 0.2) is 30.7 Å². The average molecular weight is 327 g/mol. The van der Waals surface area contributed by atoms with Crippen LogP contribution in [0, 0.1) is 6.92 Å². The maximum absolute atomic E-state index is 4.69. The molecule has 2 aromatic rings. The number of aromatic nitrogens is 3. The number of aryl methyl sites for hydroxylation is 2. The highest BCUT2D eigenvalue weighted by molar-refractivity contribution is 5.47. The monoisotopic (exact) mass is 327 g/mol. The van der Waals surface area contributed by atoms with Crippen molar-refractivity contribution in [2.75, 3.05) is 38.6 Å². The van der Waals surface area contributed by atoms with E-state index < -0.39 is 0 Å². The first kappa shape index (κ1) is 17.0. The van der Waals surface area contributed by atoms with Crippen LogP contribution in [0.4, 0.5) is 5.69 Å². The van der Waals surface area contributed by atoms with Gasteiger partial charge in [-0.25, -0.2) is 4.98 Å². The molecule has 5 heteroatoms. The molecular formula is C19H29N5. The standard InChI is InChI=1S/C19H29N5/c1-16-14-18(7-8-20-16)24-11-4-6-17(15-24)19-21-9-13-23(19)12-5-10-22(2)3/h7-9,13-14,17H,4-6,10-12,15H2,1-3H3/t17-/m1/s1. The summed E-state index contributed by atoms with van der Waals surface area (Å²) in [4.78, 5) is 13.7. The third-order valence-electron chi connectivity index (χ3n) is 4.78. The summed E-state index contributed by atoms with van der Waals surface area (Å²) in [6, 6.07) is 4.31. The largest absolute Gasteiger partial charge is 0.371 e. The van der Waals surface area contributed by atoms with Gasteiger partial charge in [-0.15, -0.1) is 0 Å². The van der Waals surface area contributed by atoms with E-state index in [0.717, 1.165) is 38.3 Å². The number of nitrogens with zero attached hydrogens (tertiary/aromatic N) is 5. The Kier molecular flexibility index (Phi) is 5.51. The fraction of sp³-hybridized carbons (Fsp3) is 0.579. The van der Waals surface area contributed by atoms with Gasteiger partial charge in [0.2, 0.25) is 0 Å². The molecule has 0 radical (unpaired) electrons. The molecule has 1 aliphatic heterocycles. The van der Waals surface area contributed by atoms with E-state index in [0.29, 0.717) is 5.92 Å². The molecule has 3 rings (SSSR count). The molecule has 5 nitrogen and oxygen atoms in total. The lowest BCUT2D eigenvalue weighted by Crippen LogP contribution is -2.35. The third kappa shape index (κ3) is 4.15. The third-order valence-corrected chi connectivity index (χ3v) is 4.78. The summed E-state index contributed by atoms with van der Waals surface area (Å²) in [5, 5.41) is 0. The SMILES string of the molecule is Cc1cc(N2CCC[C@@H](c3nccn3CCCN(C)C)C2)ccn1. The molecule has 0 unspecified atom stereocenters. The lowest BCUT2D eigenvalue weighted by molar-refractivity contribution is 0.380. The zero-order valence-electron chi connectivity index (χ0n) is 15.1. The zero-order chi connectivity index (χ0) is 16.9. The number of piperidine rings is 1. The highest BCUT2D eigenvalue weighted by Gasteiger charge is 2.25. The molecule has 1 fully saturated rings. The normalized spacial score (nSPS) is 18.3. The van der Waals surface area contributed by atoms with E-state index in [9.17, 15) is 0 Å². The van der Waals surface area contributed by atoms with Crippen LogP contribution in [0.3, 0.4) is 0 Å². The lowest BCUT2D eigenvalue weighted by atomic mass is 9.96. The second-order valence-electron chi connectivity index (χ2n) is 7.08. The number of hydrogen-bond donors (Lipinski definition) is 0. The molecular weight excluding hydrogens is 298 g/mol. The fourth-order valence-corrected chi connectivity index (χ4v) is 3.58. The summed E-state index contributed by atoms with van der Waals surface area (Å²) < 4.78 is 2.36. The summed E-state index contributed by atoms with van der Waals surface area (Å²) in [5.74, 6) is 1.77. The summed E-state index contributed by atoms with van der Waals surface area (Å²) in [6.07, 6.45) is 9.62. The number of imidazole rings is 1. The van der Waals surface area contributed by atoms with Gasteiger partial charge in [0.05, 0.1) is 0 Å². The molecule has 1 saturated heterocycles. The molecule has 0 bridgehead atoms. The number of hydrogen-bond acceptors (Lipinski definition) is 4. The molecule has 24 heavy (non-hydrogen) atoms. The van der Waals surface area contributed by atoms with Gasteiger partial charge in [0, 0.05) is 55.5 Å². The van der Waals surface area contributed by atoms with Crippen LogP contribution in [0.2, 0.25) is 0 Å². The molecule has 0 aromatic carbocycles. The van der Waals surface area contributed by atoms with Gasteiger partial charge in [-0.3, -0.25) is 4.98 Å². The predicted octanol–water partition coefficient (Wildman–Crippen LogP) is 2.92. The minimum atomic E-state index is 0.515. The van der Waals surface area contributed by atoms with Crippen LogP contribution >= 0.6 is 0 Å². The smallest absolute Gasteiger partial charge is 0.113 e. The second-order valence-corrected chi connectivity index (χ2v) is 7.08. The maximum Gasteiger partial charge on any atom is 0.113 e. The summed E-state index contributed by atoms with van der Waals surface area (Å²) >= 11 is 0. The molecule has 1 atom stereocenters. The number of pyridine rings is 1. The van der Waals surface area contributed by atoms with Crippen LogP contribution in [-0.4, -0.2) is 53.2 Å². The predicted molar refractivity (Wildman–Crippen MR) is 98.6 cm³/mol. The Hall–Kier alpha value is -1.88. The van der Waals surface area contributed by atoms with Crippen molar-refractivity contribution in [3.63, 3.8) is 0 Å². The molecule has 3 heterocycles. The molecule has 0 N–H and O–H groups in total. The van der Waals surface area contributed by atoms with Crippen LogP contribution in [0.25, 0.3) is 0 Å². The second kappa shape index (κ2) is 7.79. The van der Waals surface area contributed by atoms with Crippen molar-refractivity contribution >= 4 is 5.69 Å². The fourth-order valence-electron chi connectivity index (χ4n) is 3.58. The Morgan fingerprint density at radius 2 is 2.12 bits per heavy atom. The van der Waals surface area contributed by atoms with E-state index in [2.05, 4.69) is 58.7 Å². The molecule has 0 aliphatic carbocycles. The van der Waals surface area contributed by atoms with E-state index in [-0.39, 0.29) is 0 Å². The molecule has 0 spiro atoms. The molecule has 0 amide bonds. The quantitative estimate of drug-likeness (QED) is 0.817. The van der Waals surface area contributed by atoms with Gasteiger partial charge < -0.3 is 14.4 Å². The highest BCUT2D eigenvalue weighted by atomic mass is 15.2. The molecule has 2 aromatic heterocycles. The minimum Gasteiger partial charge on any atom is -0.371 e. The van der Waals surface area contributed by atoms with E-state index in [1.807, 2.05) is 12.4 Å². The van der Waals surface area contributed by atoms with Gasteiger partial charge in [-0.05, 0) is 59.0 Å². The Bertz CT molecular complexity index is 649. The number of anilines is 1. The molecule has 1 aliphatic rings. The maximum atomic E-state index is 4.69. The topological polar surface area (TPSA) is 37.2 Å². The summed E-state index contributed by atoms with van der Waals surface area (Å²) in [6.45, 7) is 6.40. The van der Waals surface area contributed by atoms with Gasteiger partial charge in [0.25, 0.3) is 0 Å². The molecule has 130 valence electrons. The van der Waals surface area contributed by atoms with Crippen LogP contribution in [0.1, 0.15) is 36.7 Å². The Labute approximate surface area is 145 Å². The van der Waals surface area contributed by atoms with Gasteiger partial charge in [0.15, 0.2) is 0 Å². The van der Waals surface area contributed by atoms with Crippen LogP contribution in [-0.2, 0) is 6.54 Å². The van der Waals surface area contributed by atoms with Gasteiger partial charge in [-0.2, -0.15) is 0 Å². The number of rotatable bonds is 6. The van der Waals surface area contributed by atoms with Crippen molar-refractivity contribution in [1.29, 1.82) is 0 Å². The van der Waals surface area contributed by atoms with E-state index >= 15 is 0 Å². The first-order valence-electron chi connectivity index (χ1n) is 8.97. The summed E-state index contributed by atoms with van der Waals surface area (Å²) in [7, 11) is 4.26. The summed E-state index contributed by atoms with van der Waals surface area (Å²) in [5.41, 5.74) is 2.37. The first-order valence-corrected chi connectivity index (χ1v) is 8.97. The average Bonchev–Trinajstić information content (AvgIpc) is 3.03. The first-order chi connectivity index (χ1) is 11.6. The van der Waals surface area contributed by atoms with Crippen molar-refractivity contribution in [2.24, 2.45) is 0 Å². The molecule has 0 saturated carbocycles. The Balaban J connectivity index is 1.68. The van der Waals surface area contributed by atoms with Crippen molar-refractivity contribution in [3.05, 3.63) is 42.2 Å². The van der Waals surface area contributed by atoms with Crippen molar-refractivity contribution in [3.8, 4) is 0 Å². The van der Waals surface area contributed by atoms with Crippen LogP contribution in [0.5, 0.6) is 0 Å². The van der Waals surface area contributed by atoms with Gasteiger partial charge in [-0.1, -0.05) is 0 Å². The van der Waals surface area contributed by atoms with Crippen molar-refractivity contribution in [2.45, 2.75) is 38.6 Å². The zero-order valence-corrected chi connectivity index (χ0v) is 15.1. The van der Waals surface area contributed by atoms with Gasteiger partial charge in [0.1, 0.15) is 5.82 Å². The highest BCUT2D eigenvalue weighted by Crippen LogP contribution is 2.29. The van der Waals surface area contributed by atoms with Crippen LogP contribution < -0.4 is 4.90 Å². The van der Waals surface area contributed by atoms with Crippen molar-refractivity contribution in [1.82, 2.24) is 19.4 Å². The van der Waals surface area contributed by atoms with E-state index in [1.165, 1.54) is 24.4 Å². The Morgan fingerprint density at radius 3 is 2.92 bits per heavy atom. The van der Waals surface area contributed by atoms with Crippen molar-refractivity contribution < 1.29 is 0 Å².